The summed E-state index contributed by atoms with van der Waals surface area (Å²) in [6.45, 7) is 11.2. The molecule has 7 nitrogen and oxygen atoms in total. The molecule has 0 radical (unpaired) electrons. The maximum atomic E-state index is 11.8. The molecule has 0 bridgehead atoms. The number of aliphatic carboxylic acids is 1. The number of carboxylic acid groups (broad SMARTS) is 1. The highest BCUT2D eigenvalue weighted by atomic mass is 16.7. The molecule has 0 saturated carbocycles. The maximum absolute atomic E-state index is 11.8. The van der Waals surface area contributed by atoms with Crippen molar-refractivity contribution in [3.05, 3.63) is 0 Å². The van der Waals surface area contributed by atoms with E-state index < -0.39 is 30.2 Å². The summed E-state index contributed by atoms with van der Waals surface area (Å²) in [6, 6.07) is 0. The highest BCUT2D eigenvalue weighted by Gasteiger charge is 2.23. The Balaban J connectivity index is 4.42. The zero-order valence-corrected chi connectivity index (χ0v) is 17.6. The number of carbonyl (C=O) groups excluding carboxylic acids is 2. The predicted octanol–water partition coefficient (Wildman–Crippen LogP) is 4.20. The molecule has 0 unspecified atom stereocenters. The quantitative estimate of drug-likeness (QED) is 0.363. The highest BCUT2D eigenvalue weighted by molar-refractivity contribution is 5.73. The lowest BCUT2D eigenvalue weighted by molar-refractivity contribution is -0.168. The largest absolute Gasteiger partial charge is 0.481 e. The summed E-state index contributed by atoms with van der Waals surface area (Å²) < 4.78 is 9.88. The first-order chi connectivity index (χ1) is 12.6. The fourth-order valence-electron chi connectivity index (χ4n) is 2.70. The molecule has 0 aromatic heterocycles. The number of hydrogen-bond donors (Lipinski definition) is 2. The van der Waals surface area contributed by atoms with Crippen molar-refractivity contribution in [1.29, 1.82) is 0 Å². The first-order valence-corrected chi connectivity index (χ1v) is 9.94. The number of carbonyl (C=O) groups is 3. The monoisotopic (exact) mass is 387 g/mol. The van der Waals surface area contributed by atoms with Crippen LogP contribution in [0.5, 0.6) is 0 Å². The molecule has 2 N–H and O–H groups in total. The van der Waals surface area contributed by atoms with Gasteiger partial charge in [-0.25, -0.2) is 4.79 Å². The Kier molecular flexibility index (Phi) is 12.5. The van der Waals surface area contributed by atoms with Crippen LogP contribution in [0.3, 0.4) is 0 Å². The number of carboxylic acids is 1. The Morgan fingerprint density at radius 2 is 1.63 bits per heavy atom. The van der Waals surface area contributed by atoms with Gasteiger partial charge >= 0.3 is 18.0 Å². The summed E-state index contributed by atoms with van der Waals surface area (Å²) in [6.07, 6.45) is 2.81. The van der Waals surface area contributed by atoms with Gasteiger partial charge in [0, 0.05) is 13.5 Å². The smallest absolute Gasteiger partial charge is 0.410 e. The zero-order valence-electron chi connectivity index (χ0n) is 17.6. The molecule has 0 aliphatic heterocycles. The minimum Gasteiger partial charge on any atom is -0.481 e. The van der Waals surface area contributed by atoms with Crippen molar-refractivity contribution in [1.82, 2.24) is 5.32 Å². The topological polar surface area (TPSA) is 102 Å². The number of esters is 1. The molecule has 27 heavy (non-hydrogen) atoms. The molecule has 7 heteroatoms. The molecule has 158 valence electrons. The van der Waals surface area contributed by atoms with E-state index in [1.54, 1.807) is 13.8 Å². The van der Waals surface area contributed by atoms with E-state index in [9.17, 15) is 19.5 Å². The van der Waals surface area contributed by atoms with Crippen LogP contribution in [0, 0.1) is 23.7 Å². The third kappa shape index (κ3) is 12.3. The Morgan fingerprint density at radius 1 is 1.00 bits per heavy atom. The normalized spacial score (nSPS) is 14.5. The van der Waals surface area contributed by atoms with Gasteiger partial charge in [0.05, 0.1) is 11.8 Å². The predicted molar refractivity (Wildman–Crippen MR) is 103 cm³/mol. The first-order valence-electron chi connectivity index (χ1n) is 9.94. The van der Waals surface area contributed by atoms with Crippen LogP contribution in [0.25, 0.3) is 0 Å². The Hall–Kier alpha value is -1.79. The van der Waals surface area contributed by atoms with Gasteiger partial charge in [0.1, 0.15) is 0 Å². The molecule has 0 rings (SSSR count). The van der Waals surface area contributed by atoms with Gasteiger partial charge in [-0.05, 0) is 18.3 Å². The van der Waals surface area contributed by atoms with Crippen LogP contribution in [-0.4, -0.2) is 36.0 Å². The average molecular weight is 388 g/mol. The number of nitrogens with one attached hydrogen (secondary N) is 1. The van der Waals surface area contributed by atoms with Gasteiger partial charge in [-0.1, -0.05) is 60.3 Å². The van der Waals surface area contributed by atoms with Crippen LogP contribution in [-0.2, 0) is 19.1 Å². The lowest BCUT2D eigenvalue weighted by atomic mass is 9.87. The molecular weight excluding hydrogens is 350 g/mol. The van der Waals surface area contributed by atoms with E-state index in [1.807, 2.05) is 0 Å². The van der Waals surface area contributed by atoms with E-state index in [0.717, 1.165) is 25.7 Å². The third-order valence-electron chi connectivity index (χ3n) is 4.46. The highest BCUT2D eigenvalue weighted by Crippen LogP contribution is 2.23. The Morgan fingerprint density at radius 3 is 2.11 bits per heavy atom. The molecule has 0 spiro atoms. The lowest BCUT2D eigenvalue weighted by Crippen LogP contribution is -2.36. The molecule has 0 aromatic carbocycles. The fraction of sp³-hybridized carbons (Fsp3) is 0.850. The van der Waals surface area contributed by atoms with E-state index in [0.29, 0.717) is 18.3 Å². The minimum atomic E-state index is -1.03. The van der Waals surface area contributed by atoms with Crippen LogP contribution in [0.1, 0.15) is 73.6 Å². The average Bonchev–Trinajstić information content (AvgIpc) is 2.55. The van der Waals surface area contributed by atoms with Gasteiger partial charge in [-0.3, -0.25) is 9.59 Å². The van der Waals surface area contributed by atoms with E-state index in [1.165, 1.54) is 6.92 Å². The number of ether oxygens (including phenoxy) is 2. The van der Waals surface area contributed by atoms with E-state index in [-0.39, 0.29) is 12.5 Å². The van der Waals surface area contributed by atoms with Gasteiger partial charge < -0.3 is 19.9 Å². The van der Waals surface area contributed by atoms with Crippen molar-refractivity contribution in [2.45, 2.75) is 79.9 Å². The van der Waals surface area contributed by atoms with Crippen LogP contribution in [0.2, 0.25) is 0 Å². The van der Waals surface area contributed by atoms with Crippen molar-refractivity contribution in [3.8, 4) is 0 Å². The van der Waals surface area contributed by atoms with Crippen LogP contribution in [0.15, 0.2) is 0 Å². The number of hydrogen-bond acceptors (Lipinski definition) is 5. The number of amides is 1. The van der Waals surface area contributed by atoms with Crippen molar-refractivity contribution in [3.63, 3.8) is 0 Å². The van der Waals surface area contributed by atoms with Crippen LogP contribution in [0.4, 0.5) is 4.79 Å². The Labute approximate surface area is 163 Å². The summed E-state index contributed by atoms with van der Waals surface area (Å²) in [5.74, 6) is -1.44. The van der Waals surface area contributed by atoms with Crippen molar-refractivity contribution < 1.29 is 29.0 Å². The summed E-state index contributed by atoms with van der Waals surface area (Å²) in [4.78, 5) is 34.8. The third-order valence-corrected chi connectivity index (χ3v) is 4.46. The van der Waals surface area contributed by atoms with Gasteiger partial charge in [0.15, 0.2) is 0 Å². The molecule has 0 aliphatic carbocycles. The maximum Gasteiger partial charge on any atom is 0.410 e. The summed E-state index contributed by atoms with van der Waals surface area (Å²) in [5.41, 5.74) is 0. The van der Waals surface area contributed by atoms with E-state index in [4.69, 9.17) is 9.47 Å². The first kappa shape index (κ1) is 25.2. The van der Waals surface area contributed by atoms with E-state index in [2.05, 4.69) is 26.1 Å². The molecule has 0 fully saturated rings. The van der Waals surface area contributed by atoms with Gasteiger partial charge in [-0.2, -0.15) is 0 Å². The van der Waals surface area contributed by atoms with Crippen molar-refractivity contribution in [2.24, 2.45) is 23.7 Å². The van der Waals surface area contributed by atoms with Gasteiger partial charge in [-0.15, -0.1) is 0 Å². The Bertz CT molecular complexity index is 463. The number of rotatable bonds is 13. The molecule has 0 aliphatic rings. The molecule has 0 saturated heterocycles. The summed E-state index contributed by atoms with van der Waals surface area (Å²) >= 11 is 0. The fourth-order valence-corrected chi connectivity index (χ4v) is 2.70. The molecule has 0 heterocycles. The zero-order chi connectivity index (χ0) is 21.0. The summed E-state index contributed by atoms with van der Waals surface area (Å²) in [5, 5.41) is 11.9. The van der Waals surface area contributed by atoms with Crippen LogP contribution >= 0.6 is 0 Å². The van der Waals surface area contributed by atoms with Crippen molar-refractivity contribution >= 4 is 18.0 Å². The standard InChI is InChI=1S/C20H37NO6/c1-7-16(10-8-9-13(2)3)11-17(18(22)23)12-21-20(25)27-15(6)26-19(24)14(4)5/h13-17H,7-12H2,1-6H3,(H,21,25)(H,22,23)/t15-,16-,17-/m0/s1. The lowest BCUT2D eigenvalue weighted by Gasteiger charge is -2.21. The second-order valence-electron chi connectivity index (χ2n) is 7.82. The van der Waals surface area contributed by atoms with Gasteiger partial charge in [0.25, 0.3) is 0 Å². The SMILES string of the molecule is CC[C@@H](CCCC(C)C)C[C@@H](CNC(=O)O[C@@H](C)OC(=O)C(C)C)C(=O)O. The molecular formula is C20H37NO6. The van der Waals surface area contributed by atoms with Crippen molar-refractivity contribution in [2.75, 3.05) is 6.54 Å². The summed E-state index contributed by atoms with van der Waals surface area (Å²) in [7, 11) is 0. The molecule has 0 aromatic rings. The molecule has 3 atom stereocenters. The molecule has 1 amide bonds. The van der Waals surface area contributed by atoms with E-state index >= 15 is 0 Å². The number of alkyl carbamates (subject to hydrolysis) is 1. The second kappa shape index (κ2) is 13.4. The van der Waals surface area contributed by atoms with Gasteiger partial charge in [0.2, 0.25) is 6.29 Å². The van der Waals surface area contributed by atoms with Crippen LogP contribution < -0.4 is 5.32 Å². The minimum absolute atomic E-state index is 0.0142. The second-order valence-corrected chi connectivity index (χ2v) is 7.82.